The lowest BCUT2D eigenvalue weighted by Gasteiger charge is -2.27. The van der Waals surface area contributed by atoms with Crippen molar-refractivity contribution >= 4 is 11.9 Å². The van der Waals surface area contributed by atoms with Crippen LogP contribution in [0.1, 0.15) is 38.2 Å². The largest absolute Gasteiger partial charge is 0.481 e. The van der Waals surface area contributed by atoms with E-state index in [1.165, 1.54) is 12.1 Å². The van der Waals surface area contributed by atoms with E-state index in [1.807, 2.05) is 0 Å². The van der Waals surface area contributed by atoms with Crippen molar-refractivity contribution in [3.8, 4) is 0 Å². The minimum atomic E-state index is -0.910. The number of benzene rings is 1. The highest BCUT2D eigenvalue weighted by Crippen LogP contribution is 2.31. The van der Waals surface area contributed by atoms with Gasteiger partial charge in [0.1, 0.15) is 5.82 Å². The van der Waals surface area contributed by atoms with Gasteiger partial charge in [-0.3, -0.25) is 9.59 Å². The first-order valence-electron chi connectivity index (χ1n) is 7.19. The predicted octanol–water partition coefficient (Wildman–Crippen LogP) is 2.64. The maximum Gasteiger partial charge on any atom is 0.308 e. The highest BCUT2D eigenvalue weighted by Gasteiger charge is 2.36. The molecule has 1 aliphatic carbocycles. The molecule has 0 bridgehead atoms. The topological polar surface area (TPSA) is 57.6 Å². The third-order valence-corrected chi connectivity index (χ3v) is 3.88. The SMILES string of the molecule is CC(CN(C(=O)C(C)c1cccc(F)c1)C1CC1)C(=O)O. The molecule has 2 rings (SSSR count). The highest BCUT2D eigenvalue weighted by atomic mass is 19.1. The molecule has 0 aromatic heterocycles. The maximum atomic E-state index is 13.3. The van der Waals surface area contributed by atoms with Crippen LogP contribution in [0.3, 0.4) is 0 Å². The van der Waals surface area contributed by atoms with Gasteiger partial charge in [0.2, 0.25) is 5.91 Å². The van der Waals surface area contributed by atoms with E-state index in [1.54, 1.807) is 30.9 Å². The van der Waals surface area contributed by atoms with Crippen molar-refractivity contribution < 1.29 is 19.1 Å². The lowest BCUT2D eigenvalue weighted by molar-refractivity contribution is -0.143. The molecule has 114 valence electrons. The number of amides is 1. The summed E-state index contributed by atoms with van der Waals surface area (Å²) in [5, 5.41) is 9.02. The Kier molecular flexibility index (Phi) is 4.60. The van der Waals surface area contributed by atoms with Crippen molar-refractivity contribution in [1.82, 2.24) is 4.90 Å². The van der Waals surface area contributed by atoms with Crippen molar-refractivity contribution in [2.75, 3.05) is 6.54 Å². The van der Waals surface area contributed by atoms with Gasteiger partial charge < -0.3 is 10.0 Å². The number of aliphatic carboxylic acids is 1. The lowest BCUT2D eigenvalue weighted by atomic mass is 9.99. The molecule has 4 nitrogen and oxygen atoms in total. The molecule has 1 fully saturated rings. The van der Waals surface area contributed by atoms with Crippen LogP contribution in [-0.2, 0) is 9.59 Å². The van der Waals surface area contributed by atoms with E-state index >= 15 is 0 Å². The molecule has 0 spiro atoms. The van der Waals surface area contributed by atoms with Crippen LogP contribution in [0.4, 0.5) is 4.39 Å². The monoisotopic (exact) mass is 293 g/mol. The Morgan fingerprint density at radius 3 is 2.57 bits per heavy atom. The molecule has 0 heterocycles. The average Bonchev–Trinajstić information content (AvgIpc) is 3.27. The van der Waals surface area contributed by atoms with E-state index in [0.717, 1.165) is 12.8 Å². The normalized spacial score (nSPS) is 17.1. The van der Waals surface area contributed by atoms with Gasteiger partial charge in [0, 0.05) is 12.6 Å². The molecule has 2 unspecified atom stereocenters. The summed E-state index contributed by atoms with van der Waals surface area (Å²) in [5.41, 5.74) is 0.619. The van der Waals surface area contributed by atoms with Crippen LogP contribution in [0.25, 0.3) is 0 Å². The van der Waals surface area contributed by atoms with Crippen LogP contribution >= 0.6 is 0 Å². The second-order valence-corrected chi connectivity index (χ2v) is 5.74. The zero-order chi connectivity index (χ0) is 15.6. The summed E-state index contributed by atoms with van der Waals surface area (Å²) in [5.74, 6) is -2.48. The number of rotatable bonds is 6. The van der Waals surface area contributed by atoms with E-state index in [9.17, 15) is 14.0 Å². The number of carboxylic acids is 1. The van der Waals surface area contributed by atoms with Gasteiger partial charge in [-0.2, -0.15) is 0 Å². The summed E-state index contributed by atoms with van der Waals surface area (Å²) >= 11 is 0. The van der Waals surface area contributed by atoms with E-state index in [2.05, 4.69) is 0 Å². The molecule has 1 N–H and O–H groups in total. The van der Waals surface area contributed by atoms with Gasteiger partial charge in [-0.15, -0.1) is 0 Å². The number of carbonyl (C=O) groups excluding carboxylic acids is 1. The summed E-state index contributed by atoms with van der Waals surface area (Å²) in [6.45, 7) is 3.54. The minimum Gasteiger partial charge on any atom is -0.481 e. The Labute approximate surface area is 123 Å². The fourth-order valence-electron chi connectivity index (χ4n) is 2.35. The van der Waals surface area contributed by atoms with Crippen molar-refractivity contribution in [3.63, 3.8) is 0 Å². The van der Waals surface area contributed by atoms with Crippen LogP contribution in [0, 0.1) is 11.7 Å². The number of nitrogens with zero attached hydrogens (tertiary/aromatic N) is 1. The van der Waals surface area contributed by atoms with Crippen LogP contribution in [0.5, 0.6) is 0 Å². The van der Waals surface area contributed by atoms with Crippen LogP contribution < -0.4 is 0 Å². The van der Waals surface area contributed by atoms with Gasteiger partial charge in [-0.05, 0) is 37.5 Å². The van der Waals surface area contributed by atoms with Crippen LogP contribution in [-0.4, -0.2) is 34.5 Å². The number of hydrogen-bond donors (Lipinski definition) is 1. The molecule has 5 heteroatoms. The van der Waals surface area contributed by atoms with Gasteiger partial charge in [0.15, 0.2) is 0 Å². The Morgan fingerprint density at radius 1 is 1.38 bits per heavy atom. The number of carbonyl (C=O) groups is 2. The molecular formula is C16H20FNO3. The molecule has 1 aromatic rings. The van der Waals surface area contributed by atoms with E-state index in [-0.39, 0.29) is 24.3 Å². The molecule has 1 aliphatic rings. The molecule has 1 aromatic carbocycles. The Hall–Kier alpha value is -1.91. The van der Waals surface area contributed by atoms with Gasteiger partial charge in [-0.1, -0.05) is 19.1 Å². The van der Waals surface area contributed by atoms with Gasteiger partial charge in [0.05, 0.1) is 11.8 Å². The Bertz CT molecular complexity index is 542. The van der Waals surface area contributed by atoms with E-state index < -0.39 is 17.8 Å². The number of carboxylic acid groups (broad SMARTS) is 1. The molecule has 1 saturated carbocycles. The third-order valence-electron chi connectivity index (χ3n) is 3.88. The standard InChI is InChI=1S/C16H20FNO3/c1-10(16(20)21)9-18(14-6-7-14)15(19)11(2)12-4-3-5-13(17)8-12/h3-5,8,10-11,14H,6-7,9H2,1-2H3,(H,20,21). The van der Waals surface area contributed by atoms with Crippen LogP contribution in [0.15, 0.2) is 24.3 Å². The molecular weight excluding hydrogens is 273 g/mol. The van der Waals surface area contributed by atoms with E-state index in [0.29, 0.717) is 5.56 Å². The van der Waals surface area contributed by atoms with Crippen molar-refractivity contribution in [1.29, 1.82) is 0 Å². The van der Waals surface area contributed by atoms with Gasteiger partial charge in [0.25, 0.3) is 0 Å². The third kappa shape index (κ3) is 3.80. The number of hydrogen-bond acceptors (Lipinski definition) is 2. The van der Waals surface area contributed by atoms with Crippen molar-refractivity contribution in [2.24, 2.45) is 5.92 Å². The molecule has 1 amide bonds. The van der Waals surface area contributed by atoms with Crippen LogP contribution in [0.2, 0.25) is 0 Å². The summed E-state index contributed by atoms with van der Waals surface area (Å²) in [6, 6.07) is 6.13. The number of halogens is 1. The molecule has 0 aliphatic heterocycles. The molecule has 0 saturated heterocycles. The quantitative estimate of drug-likeness (QED) is 0.877. The molecule has 2 atom stereocenters. The predicted molar refractivity (Wildman–Crippen MR) is 76.3 cm³/mol. The second kappa shape index (κ2) is 6.24. The summed E-state index contributed by atoms with van der Waals surface area (Å²) in [7, 11) is 0. The first kappa shape index (κ1) is 15.5. The van der Waals surface area contributed by atoms with E-state index in [4.69, 9.17) is 5.11 Å². The smallest absolute Gasteiger partial charge is 0.308 e. The summed E-state index contributed by atoms with van der Waals surface area (Å²) in [6.07, 6.45) is 1.82. The highest BCUT2D eigenvalue weighted by molar-refractivity contribution is 5.84. The zero-order valence-electron chi connectivity index (χ0n) is 12.3. The van der Waals surface area contributed by atoms with Gasteiger partial charge >= 0.3 is 5.97 Å². The lowest BCUT2D eigenvalue weighted by Crippen LogP contribution is -2.40. The first-order chi connectivity index (χ1) is 9.90. The van der Waals surface area contributed by atoms with Gasteiger partial charge in [-0.25, -0.2) is 4.39 Å². The zero-order valence-corrected chi connectivity index (χ0v) is 12.3. The second-order valence-electron chi connectivity index (χ2n) is 5.74. The maximum absolute atomic E-state index is 13.3. The fourth-order valence-corrected chi connectivity index (χ4v) is 2.35. The molecule has 0 radical (unpaired) electrons. The van der Waals surface area contributed by atoms with Crippen molar-refractivity contribution in [2.45, 2.75) is 38.6 Å². The average molecular weight is 293 g/mol. The minimum absolute atomic E-state index is 0.129. The Morgan fingerprint density at radius 2 is 2.05 bits per heavy atom. The first-order valence-corrected chi connectivity index (χ1v) is 7.19. The summed E-state index contributed by atoms with van der Waals surface area (Å²) in [4.78, 5) is 25.2. The fraction of sp³-hybridized carbons (Fsp3) is 0.500. The molecule has 21 heavy (non-hydrogen) atoms. The van der Waals surface area contributed by atoms with Crippen molar-refractivity contribution in [3.05, 3.63) is 35.6 Å². The summed E-state index contributed by atoms with van der Waals surface area (Å²) < 4.78 is 13.3. The Balaban J connectivity index is 2.12.